The van der Waals surface area contributed by atoms with Crippen LogP contribution >= 0.6 is 0 Å². The van der Waals surface area contributed by atoms with Gasteiger partial charge < -0.3 is 4.90 Å². The Labute approximate surface area is 123 Å². The maximum Gasteiger partial charge on any atom is 0.414 e. The average Bonchev–Trinajstić information content (AvgIpc) is 2.47. The topological polar surface area (TPSA) is 63.5 Å². The van der Waals surface area contributed by atoms with Crippen LogP contribution in [0.15, 0.2) is 35.6 Å². The number of alkyl halides is 3. The smallest absolute Gasteiger partial charge is 0.305 e. The molecular weight excluding hydrogens is 301 g/mol. The van der Waals surface area contributed by atoms with Gasteiger partial charge in [-0.1, -0.05) is 12.2 Å². The summed E-state index contributed by atoms with van der Waals surface area (Å²) in [6, 6.07) is -1.81. The summed E-state index contributed by atoms with van der Waals surface area (Å²) < 4.78 is 39.8. The molecule has 2 aliphatic heterocycles. The van der Waals surface area contributed by atoms with Crippen molar-refractivity contribution in [3.05, 3.63) is 45.7 Å². The zero-order valence-corrected chi connectivity index (χ0v) is 11.4. The van der Waals surface area contributed by atoms with Gasteiger partial charge in [-0.25, -0.2) is 0 Å². The highest BCUT2D eigenvalue weighted by molar-refractivity contribution is 5.85. The molecule has 1 saturated heterocycles. The summed E-state index contributed by atoms with van der Waals surface area (Å²) in [4.78, 5) is 23.5. The molecule has 4 rings (SSSR count). The Balaban J connectivity index is 2.03. The Bertz CT molecular complexity index is 621. The van der Waals surface area contributed by atoms with Crippen LogP contribution in [0, 0.1) is 16.0 Å². The van der Waals surface area contributed by atoms with Gasteiger partial charge in [-0.15, -0.1) is 0 Å². The van der Waals surface area contributed by atoms with Crippen LogP contribution in [0.1, 0.15) is 19.3 Å². The second-order valence-electron chi connectivity index (χ2n) is 5.62. The quantitative estimate of drug-likeness (QED) is 0.447. The Morgan fingerprint density at radius 1 is 1.23 bits per heavy atom. The molecule has 2 aliphatic carbocycles. The van der Waals surface area contributed by atoms with Gasteiger partial charge >= 0.3 is 6.18 Å². The number of hydrogen-bond donors (Lipinski definition) is 0. The molecule has 0 aromatic carbocycles. The summed E-state index contributed by atoms with van der Waals surface area (Å²) in [6.07, 6.45) is 1.47. The molecule has 8 heteroatoms. The van der Waals surface area contributed by atoms with Crippen LogP contribution in [0.25, 0.3) is 0 Å². The van der Waals surface area contributed by atoms with Crippen molar-refractivity contribution in [2.75, 3.05) is 0 Å². The molecule has 0 spiro atoms. The van der Waals surface area contributed by atoms with Crippen LogP contribution in [0.5, 0.6) is 0 Å². The molecule has 5 nitrogen and oxygen atoms in total. The third kappa shape index (κ3) is 2.32. The van der Waals surface area contributed by atoms with Gasteiger partial charge in [0.1, 0.15) is 0 Å². The third-order valence-electron chi connectivity index (χ3n) is 4.30. The van der Waals surface area contributed by atoms with Crippen LogP contribution in [0.4, 0.5) is 13.2 Å². The number of rotatable bonds is 2. The highest BCUT2D eigenvalue weighted by Crippen LogP contribution is 2.41. The number of halogens is 3. The average molecular weight is 314 g/mol. The zero-order chi connectivity index (χ0) is 16.1. The predicted molar refractivity (Wildman–Crippen MR) is 70.1 cm³/mol. The maximum atomic E-state index is 13.3. The molecule has 0 N–H and O–H groups in total. The molecule has 3 unspecified atom stereocenters. The van der Waals surface area contributed by atoms with Gasteiger partial charge in [0.25, 0.3) is 0 Å². The summed E-state index contributed by atoms with van der Waals surface area (Å²) in [6.45, 7) is 0. The Morgan fingerprint density at radius 3 is 2.45 bits per heavy atom. The van der Waals surface area contributed by atoms with E-state index in [9.17, 15) is 28.1 Å². The van der Waals surface area contributed by atoms with E-state index in [4.69, 9.17) is 0 Å². The first-order chi connectivity index (χ1) is 10.3. The lowest BCUT2D eigenvalue weighted by atomic mass is 9.83. The van der Waals surface area contributed by atoms with Gasteiger partial charge in [-0.3, -0.25) is 14.9 Å². The van der Waals surface area contributed by atoms with Crippen LogP contribution in [0.3, 0.4) is 0 Å². The van der Waals surface area contributed by atoms with Crippen LogP contribution < -0.4 is 0 Å². The van der Waals surface area contributed by atoms with Crippen molar-refractivity contribution in [2.24, 2.45) is 5.92 Å². The SMILES string of the molecule is O=C1C2C=CC(CC2)N1C1=C(C(F)(F)F)CC([N+](=O)[O-])C=C1. The van der Waals surface area contributed by atoms with E-state index in [1.807, 2.05) is 0 Å². The first kappa shape index (κ1) is 14.8. The molecule has 22 heavy (non-hydrogen) atoms. The number of amides is 1. The Kier molecular flexibility index (Phi) is 3.34. The van der Waals surface area contributed by atoms with Crippen LogP contribution in [-0.4, -0.2) is 34.0 Å². The first-order valence-electron chi connectivity index (χ1n) is 6.92. The Morgan fingerprint density at radius 2 is 1.95 bits per heavy atom. The van der Waals surface area contributed by atoms with Crippen molar-refractivity contribution in [3.63, 3.8) is 0 Å². The fourth-order valence-electron chi connectivity index (χ4n) is 3.18. The van der Waals surface area contributed by atoms with Crippen molar-refractivity contribution < 1.29 is 22.9 Å². The number of nitro groups is 1. The molecule has 1 amide bonds. The molecule has 0 aromatic heterocycles. The molecule has 2 bridgehead atoms. The van der Waals surface area contributed by atoms with Gasteiger partial charge in [0, 0.05) is 4.92 Å². The number of carbonyl (C=O) groups is 1. The first-order valence-corrected chi connectivity index (χ1v) is 6.92. The van der Waals surface area contributed by atoms with Gasteiger partial charge in [-0.05, 0) is 25.0 Å². The fraction of sp³-hybridized carbons (Fsp3) is 0.500. The predicted octanol–water partition coefficient (Wildman–Crippen LogP) is 2.58. The molecule has 118 valence electrons. The summed E-state index contributed by atoms with van der Waals surface area (Å²) in [5.74, 6) is -0.756. The molecule has 1 fully saturated rings. The lowest BCUT2D eigenvalue weighted by Gasteiger charge is -2.42. The molecule has 3 atom stereocenters. The van der Waals surface area contributed by atoms with E-state index >= 15 is 0 Å². The highest BCUT2D eigenvalue weighted by Gasteiger charge is 2.46. The third-order valence-corrected chi connectivity index (χ3v) is 4.30. The Hall–Kier alpha value is -2.12. The molecule has 4 aliphatic rings. The lowest BCUT2D eigenvalue weighted by Crippen LogP contribution is -2.50. The molecule has 0 radical (unpaired) electrons. The fourth-order valence-corrected chi connectivity index (χ4v) is 3.18. The normalized spacial score (nSPS) is 31.1. The minimum absolute atomic E-state index is 0.241. The van der Waals surface area contributed by atoms with Gasteiger partial charge in [0.2, 0.25) is 11.9 Å². The summed E-state index contributed by atoms with van der Waals surface area (Å²) in [5.41, 5.74) is -1.24. The summed E-state index contributed by atoms with van der Waals surface area (Å²) >= 11 is 0. The lowest BCUT2D eigenvalue weighted by molar-refractivity contribution is -0.509. The van der Waals surface area contributed by atoms with Crippen molar-refractivity contribution in [1.82, 2.24) is 4.90 Å². The van der Waals surface area contributed by atoms with Crippen molar-refractivity contribution >= 4 is 5.91 Å². The number of hydrogen-bond acceptors (Lipinski definition) is 3. The highest BCUT2D eigenvalue weighted by atomic mass is 19.4. The zero-order valence-electron chi connectivity index (χ0n) is 11.4. The summed E-state index contributed by atoms with van der Waals surface area (Å²) in [5, 5.41) is 10.8. The van der Waals surface area contributed by atoms with E-state index < -0.39 is 41.1 Å². The van der Waals surface area contributed by atoms with Crippen molar-refractivity contribution in [1.29, 1.82) is 0 Å². The largest absolute Gasteiger partial charge is 0.414 e. The summed E-state index contributed by atoms with van der Waals surface area (Å²) in [7, 11) is 0. The van der Waals surface area contributed by atoms with E-state index in [0.717, 1.165) is 17.1 Å². The van der Waals surface area contributed by atoms with Crippen LogP contribution in [-0.2, 0) is 4.79 Å². The van der Waals surface area contributed by atoms with Crippen molar-refractivity contribution in [3.8, 4) is 0 Å². The van der Waals surface area contributed by atoms with Gasteiger partial charge in [0.15, 0.2) is 0 Å². The van der Waals surface area contributed by atoms with E-state index in [-0.39, 0.29) is 11.6 Å². The van der Waals surface area contributed by atoms with Crippen LogP contribution in [0.2, 0.25) is 0 Å². The van der Waals surface area contributed by atoms with Crippen molar-refractivity contribution in [2.45, 2.75) is 37.5 Å². The van der Waals surface area contributed by atoms with Gasteiger partial charge in [-0.2, -0.15) is 13.2 Å². The molecule has 0 saturated carbocycles. The van der Waals surface area contributed by atoms with Gasteiger partial charge in [0.05, 0.1) is 29.7 Å². The van der Waals surface area contributed by atoms with E-state index in [2.05, 4.69) is 0 Å². The van der Waals surface area contributed by atoms with E-state index in [0.29, 0.717) is 12.8 Å². The molecule has 0 aromatic rings. The van der Waals surface area contributed by atoms with E-state index in [1.165, 1.54) is 0 Å². The minimum Gasteiger partial charge on any atom is -0.305 e. The number of fused-ring (bicyclic) bond motifs is 2. The monoisotopic (exact) mass is 314 g/mol. The number of carbonyl (C=O) groups excluding carboxylic acids is 1. The standard InChI is InChI=1S/C14H13F3N2O3/c15-14(16,17)11-7-10(19(21)22)5-6-12(11)18-9-3-1-8(2-4-9)13(18)20/h1,3,5-6,8-10H,2,4,7H2. The second-order valence-corrected chi connectivity index (χ2v) is 5.62. The number of piperidine rings is 1. The second kappa shape index (κ2) is 4.96. The molecular formula is C14H13F3N2O3. The molecule has 2 heterocycles. The minimum atomic E-state index is -4.70. The van der Waals surface area contributed by atoms with E-state index in [1.54, 1.807) is 12.2 Å². The number of allylic oxidation sites excluding steroid dienone is 1. The maximum absolute atomic E-state index is 13.3. The number of nitrogens with zero attached hydrogens (tertiary/aromatic N) is 2.